The maximum atomic E-state index is 12.3. The van der Waals surface area contributed by atoms with Crippen LogP contribution < -0.4 is 27.8 Å². The Morgan fingerprint density at radius 2 is 1.54 bits per heavy atom. The number of carbonyl (C=O) groups excluding carboxylic acids is 4. The number of nitrogens with one attached hydrogen (secondary N) is 2. The number of carbonyl (C=O) groups is 5. The van der Waals surface area contributed by atoms with Crippen LogP contribution in [0, 0.1) is 0 Å². The Labute approximate surface area is 154 Å². The Hall–Kier alpha value is -2.34. The Bertz CT molecular complexity index is 544. The van der Waals surface area contributed by atoms with Gasteiger partial charge in [0, 0.05) is 6.42 Å². The minimum atomic E-state index is -1.33. The number of amides is 4. The summed E-state index contributed by atoms with van der Waals surface area (Å²) in [5.74, 6) is -3.79. The van der Waals surface area contributed by atoms with Gasteiger partial charge in [0.1, 0.15) is 12.1 Å². The molecule has 0 aromatic heterocycles. The highest BCUT2D eigenvalue weighted by atomic mass is 32.2. The zero-order valence-corrected chi connectivity index (χ0v) is 15.2. The van der Waals surface area contributed by atoms with Gasteiger partial charge in [0.15, 0.2) is 0 Å². The van der Waals surface area contributed by atoms with Gasteiger partial charge in [-0.25, -0.2) is 4.79 Å². The van der Waals surface area contributed by atoms with Crippen LogP contribution in [0.15, 0.2) is 0 Å². The fourth-order valence-corrected chi connectivity index (χ4v) is 2.38. The van der Waals surface area contributed by atoms with Crippen LogP contribution in [0.4, 0.5) is 0 Å². The molecular weight excluding hydrogens is 366 g/mol. The van der Waals surface area contributed by atoms with Gasteiger partial charge in [0.25, 0.3) is 0 Å². The summed E-state index contributed by atoms with van der Waals surface area (Å²) in [6, 6.07) is -3.60. The molecule has 0 aromatic rings. The van der Waals surface area contributed by atoms with Gasteiger partial charge in [-0.1, -0.05) is 0 Å². The van der Waals surface area contributed by atoms with Gasteiger partial charge in [-0.3, -0.25) is 19.2 Å². The third kappa shape index (κ3) is 9.84. The molecule has 11 nitrogen and oxygen atoms in total. The molecule has 0 fully saturated rings. The summed E-state index contributed by atoms with van der Waals surface area (Å²) >= 11 is 1.42. The van der Waals surface area contributed by atoms with E-state index in [1.165, 1.54) is 11.8 Å². The van der Waals surface area contributed by atoms with Gasteiger partial charge in [-0.05, 0) is 24.9 Å². The monoisotopic (exact) mass is 391 g/mol. The van der Waals surface area contributed by atoms with Crippen molar-refractivity contribution in [1.82, 2.24) is 10.6 Å². The van der Waals surface area contributed by atoms with Crippen LogP contribution in [0.5, 0.6) is 0 Å². The number of rotatable bonds is 13. The second kappa shape index (κ2) is 12.1. The van der Waals surface area contributed by atoms with E-state index in [2.05, 4.69) is 10.6 Å². The number of nitrogens with two attached hydrogens (primary N) is 3. The molecule has 9 N–H and O–H groups in total. The van der Waals surface area contributed by atoms with E-state index in [9.17, 15) is 24.0 Å². The predicted molar refractivity (Wildman–Crippen MR) is 94.7 cm³/mol. The van der Waals surface area contributed by atoms with Crippen LogP contribution in [0.25, 0.3) is 0 Å². The lowest BCUT2D eigenvalue weighted by Gasteiger charge is -2.22. The average Bonchev–Trinajstić information content (AvgIpc) is 2.53. The fourth-order valence-electron chi connectivity index (χ4n) is 1.91. The molecule has 0 heterocycles. The maximum absolute atomic E-state index is 12.3. The van der Waals surface area contributed by atoms with Gasteiger partial charge in [0.05, 0.1) is 12.5 Å². The van der Waals surface area contributed by atoms with Crippen molar-refractivity contribution in [3.63, 3.8) is 0 Å². The number of thioether (sulfide) groups is 1. The number of carboxylic acid groups (broad SMARTS) is 1. The van der Waals surface area contributed by atoms with Crippen molar-refractivity contribution < 1.29 is 29.1 Å². The lowest BCUT2D eigenvalue weighted by Crippen LogP contribution is -2.55. The van der Waals surface area contributed by atoms with Gasteiger partial charge in [-0.2, -0.15) is 11.8 Å². The molecule has 0 aliphatic carbocycles. The quantitative estimate of drug-likeness (QED) is 0.193. The summed E-state index contributed by atoms with van der Waals surface area (Å²) in [5, 5.41) is 13.8. The molecule has 0 bridgehead atoms. The number of aliphatic carboxylic acids is 1. The number of hydrogen-bond donors (Lipinski definition) is 6. The zero-order valence-electron chi connectivity index (χ0n) is 14.4. The minimum absolute atomic E-state index is 0.180. The standard InChI is InChI=1S/C14H25N5O6S/c1-26-5-4-8(18-12(22)7(15)6-11(17)21)13(23)19-9(14(24)25)2-3-10(16)20/h7-9H,2-6,15H2,1H3,(H2,16,20)(H2,17,21)(H,18,22)(H,19,23)(H,24,25)/t7-,8-,9-/m0/s1. The van der Waals surface area contributed by atoms with E-state index in [-0.39, 0.29) is 25.7 Å². The van der Waals surface area contributed by atoms with Crippen molar-refractivity contribution >= 4 is 41.4 Å². The Balaban J connectivity index is 4.99. The summed E-state index contributed by atoms with van der Waals surface area (Å²) in [7, 11) is 0. The highest BCUT2D eigenvalue weighted by molar-refractivity contribution is 7.98. The first-order valence-electron chi connectivity index (χ1n) is 7.73. The molecule has 0 saturated heterocycles. The second-order valence-corrected chi connectivity index (χ2v) is 6.51. The maximum Gasteiger partial charge on any atom is 0.326 e. The molecule has 0 saturated carbocycles. The van der Waals surface area contributed by atoms with Gasteiger partial charge in [-0.15, -0.1) is 0 Å². The van der Waals surface area contributed by atoms with E-state index < -0.39 is 47.7 Å². The molecule has 148 valence electrons. The lowest BCUT2D eigenvalue weighted by atomic mass is 10.1. The lowest BCUT2D eigenvalue weighted by molar-refractivity contribution is -0.142. The molecule has 0 unspecified atom stereocenters. The number of primary amides is 2. The predicted octanol–water partition coefficient (Wildman–Crippen LogP) is -2.74. The summed E-state index contributed by atoms with van der Waals surface area (Å²) in [4.78, 5) is 57.2. The summed E-state index contributed by atoms with van der Waals surface area (Å²) in [6.45, 7) is 0. The molecule has 3 atom stereocenters. The Morgan fingerprint density at radius 3 is 2.00 bits per heavy atom. The van der Waals surface area contributed by atoms with E-state index in [0.29, 0.717) is 5.75 Å². The molecule has 12 heteroatoms. The summed E-state index contributed by atoms with van der Waals surface area (Å²) in [6.07, 6.45) is 1.22. The first kappa shape index (κ1) is 23.7. The molecule has 0 aliphatic heterocycles. The van der Waals surface area contributed by atoms with Crippen LogP contribution in [0.1, 0.15) is 25.7 Å². The molecular formula is C14H25N5O6S. The topological polar surface area (TPSA) is 208 Å². The van der Waals surface area contributed by atoms with Crippen molar-refractivity contribution in [1.29, 1.82) is 0 Å². The first-order valence-corrected chi connectivity index (χ1v) is 9.12. The molecule has 0 rings (SSSR count). The minimum Gasteiger partial charge on any atom is -0.480 e. The smallest absolute Gasteiger partial charge is 0.326 e. The molecule has 26 heavy (non-hydrogen) atoms. The second-order valence-electron chi connectivity index (χ2n) is 5.52. The van der Waals surface area contributed by atoms with Crippen molar-refractivity contribution in [3.8, 4) is 0 Å². The summed E-state index contributed by atoms with van der Waals surface area (Å²) < 4.78 is 0. The molecule has 0 aliphatic rings. The SMILES string of the molecule is CSCC[C@H](NC(=O)[C@@H](N)CC(N)=O)C(=O)N[C@@H](CCC(N)=O)C(=O)O. The van der Waals surface area contributed by atoms with Gasteiger partial charge in [0.2, 0.25) is 23.6 Å². The van der Waals surface area contributed by atoms with E-state index in [1.807, 2.05) is 0 Å². The Morgan fingerprint density at radius 1 is 0.962 bits per heavy atom. The molecule has 0 aromatic carbocycles. The highest BCUT2D eigenvalue weighted by Crippen LogP contribution is 2.04. The largest absolute Gasteiger partial charge is 0.480 e. The van der Waals surface area contributed by atoms with Crippen LogP contribution in [-0.2, 0) is 24.0 Å². The molecule has 4 amide bonds. The van der Waals surface area contributed by atoms with E-state index in [4.69, 9.17) is 22.3 Å². The van der Waals surface area contributed by atoms with Crippen molar-refractivity contribution in [2.45, 2.75) is 43.8 Å². The van der Waals surface area contributed by atoms with Crippen molar-refractivity contribution in [3.05, 3.63) is 0 Å². The normalized spacial score (nSPS) is 13.9. The highest BCUT2D eigenvalue weighted by Gasteiger charge is 2.28. The zero-order chi connectivity index (χ0) is 20.3. The van der Waals surface area contributed by atoms with E-state index in [0.717, 1.165) is 0 Å². The number of carboxylic acids is 1. The fraction of sp³-hybridized carbons (Fsp3) is 0.643. The van der Waals surface area contributed by atoms with E-state index in [1.54, 1.807) is 6.26 Å². The Kier molecular flexibility index (Phi) is 11.0. The van der Waals surface area contributed by atoms with Crippen LogP contribution in [0.2, 0.25) is 0 Å². The number of hydrogen-bond acceptors (Lipinski definition) is 7. The van der Waals surface area contributed by atoms with E-state index >= 15 is 0 Å². The average molecular weight is 391 g/mol. The molecule has 0 spiro atoms. The molecule has 0 radical (unpaired) electrons. The summed E-state index contributed by atoms with van der Waals surface area (Å²) in [5.41, 5.74) is 15.5. The van der Waals surface area contributed by atoms with Crippen LogP contribution in [0.3, 0.4) is 0 Å². The third-order valence-electron chi connectivity index (χ3n) is 3.30. The van der Waals surface area contributed by atoms with Crippen LogP contribution >= 0.6 is 11.8 Å². The third-order valence-corrected chi connectivity index (χ3v) is 3.94. The first-order chi connectivity index (χ1) is 12.1. The van der Waals surface area contributed by atoms with Gasteiger partial charge >= 0.3 is 5.97 Å². The van der Waals surface area contributed by atoms with Gasteiger partial charge < -0.3 is 32.9 Å². The van der Waals surface area contributed by atoms with Crippen molar-refractivity contribution in [2.75, 3.05) is 12.0 Å². The van der Waals surface area contributed by atoms with Crippen LogP contribution in [-0.4, -0.2) is 64.8 Å². The van der Waals surface area contributed by atoms with Crippen molar-refractivity contribution in [2.24, 2.45) is 17.2 Å².